The molecule has 1 heterocycles. The van der Waals surface area contributed by atoms with Gasteiger partial charge in [0.25, 0.3) is 0 Å². The third-order valence-electron chi connectivity index (χ3n) is 12.8. The van der Waals surface area contributed by atoms with Crippen molar-refractivity contribution in [1.29, 1.82) is 0 Å². The fraction of sp³-hybridized carbons (Fsp3) is 0.0968. The molecule has 1 fully saturated rings. The van der Waals surface area contributed by atoms with Crippen molar-refractivity contribution in [3.05, 3.63) is 222 Å². The van der Waals surface area contributed by atoms with Gasteiger partial charge in [0.1, 0.15) is 34.5 Å². The zero-order valence-corrected chi connectivity index (χ0v) is 39.5. The number of ether oxygens (including phenoxy) is 6. The minimum absolute atomic E-state index is 0.0703. The predicted molar refractivity (Wildman–Crippen MR) is 278 cm³/mol. The average Bonchev–Trinajstić information content (AvgIpc) is 3.41. The molecule has 0 aromatic heterocycles. The zero-order valence-electron chi connectivity index (χ0n) is 39.5. The van der Waals surface area contributed by atoms with Crippen LogP contribution in [0.4, 0.5) is 0 Å². The van der Waals surface area contributed by atoms with E-state index >= 15 is 0 Å². The summed E-state index contributed by atoms with van der Waals surface area (Å²) in [7, 11) is 0. The predicted octanol–water partition coefficient (Wildman–Crippen LogP) is 13.1. The highest BCUT2D eigenvalue weighted by Gasteiger charge is 2.37. The lowest BCUT2D eigenvalue weighted by molar-refractivity contribution is -0.133. The molecule has 11 heteroatoms. The summed E-state index contributed by atoms with van der Waals surface area (Å²) < 4.78 is 34.9. The first kappa shape index (κ1) is 47.4. The fourth-order valence-electron chi connectivity index (χ4n) is 8.45. The number of hydrogen-bond donors (Lipinski definition) is 1. The quantitative estimate of drug-likeness (QED) is 0.0595. The van der Waals surface area contributed by atoms with Crippen LogP contribution < -0.4 is 23.7 Å². The van der Waals surface area contributed by atoms with Gasteiger partial charge in [0, 0.05) is 17.2 Å². The second-order valence-corrected chi connectivity index (χ2v) is 17.6. The van der Waals surface area contributed by atoms with E-state index in [1.807, 2.05) is 84.9 Å². The molecule has 0 spiro atoms. The molecule has 0 atom stereocenters. The van der Waals surface area contributed by atoms with Crippen molar-refractivity contribution in [1.82, 2.24) is 0 Å². The van der Waals surface area contributed by atoms with Crippen LogP contribution in [0.3, 0.4) is 0 Å². The number of fused-ring (bicyclic) bond motifs is 2. The molecule has 11 nitrogen and oxygen atoms in total. The zero-order chi connectivity index (χ0) is 50.3. The Bertz CT molecular complexity index is 3520. The SMILES string of the molecule is CCC1(COc2ccc(/C=C/C(=O)Oc3ccc(C(=O)Oc4ccc5ccccc5c4-c4c(OC(=O)c5ccc(OC(=O)c6ccc(-c7ccc(O)cc7)cc6)cc5)ccc5ccccc45)cc3)cc2)COC1. The molecule has 9 aromatic rings. The summed E-state index contributed by atoms with van der Waals surface area (Å²) in [6.45, 7) is 4.13. The molecule has 0 saturated carbocycles. The van der Waals surface area contributed by atoms with Crippen LogP contribution in [0.5, 0.6) is 34.5 Å². The Morgan fingerprint density at radius 3 is 1.45 bits per heavy atom. The highest BCUT2D eigenvalue weighted by molar-refractivity contribution is 6.11. The van der Waals surface area contributed by atoms with Gasteiger partial charge in [0.15, 0.2) is 0 Å². The van der Waals surface area contributed by atoms with Crippen molar-refractivity contribution in [3.8, 4) is 56.8 Å². The van der Waals surface area contributed by atoms with E-state index in [-0.39, 0.29) is 45.3 Å². The molecule has 360 valence electrons. The molecular formula is C62H46O11. The molecule has 73 heavy (non-hydrogen) atoms. The number of aromatic hydroxyl groups is 1. The summed E-state index contributed by atoms with van der Waals surface area (Å²) in [5.74, 6) is -0.709. The van der Waals surface area contributed by atoms with E-state index in [2.05, 4.69) is 6.92 Å². The van der Waals surface area contributed by atoms with Crippen LogP contribution in [-0.2, 0) is 9.53 Å². The minimum Gasteiger partial charge on any atom is -0.508 e. The van der Waals surface area contributed by atoms with Gasteiger partial charge in [0.2, 0.25) is 0 Å². The van der Waals surface area contributed by atoms with E-state index in [1.165, 1.54) is 54.6 Å². The van der Waals surface area contributed by atoms with Crippen molar-refractivity contribution < 1.29 is 52.7 Å². The Balaban J connectivity index is 0.837. The third-order valence-corrected chi connectivity index (χ3v) is 12.8. The Hall–Kier alpha value is -9.32. The number of carbonyl (C=O) groups excluding carboxylic acids is 4. The largest absolute Gasteiger partial charge is 0.508 e. The van der Waals surface area contributed by atoms with Crippen molar-refractivity contribution in [2.45, 2.75) is 13.3 Å². The van der Waals surface area contributed by atoms with Gasteiger partial charge in [-0.2, -0.15) is 0 Å². The van der Waals surface area contributed by atoms with Crippen LogP contribution in [0.2, 0.25) is 0 Å². The summed E-state index contributed by atoms with van der Waals surface area (Å²) in [6, 6.07) is 55.6. The van der Waals surface area contributed by atoms with Gasteiger partial charge >= 0.3 is 23.9 Å². The van der Waals surface area contributed by atoms with Crippen LogP contribution in [0, 0.1) is 5.41 Å². The van der Waals surface area contributed by atoms with Gasteiger partial charge in [-0.1, -0.05) is 104 Å². The van der Waals surface area contributed by atoms with E-state index in [0.29, 0.717) is 36.5 Å². The van der Waals surface area contributed by atoms with Crippen LogP contribution in [0.1, 0.15) is 50.0 Å². The Labute approximate surface area is 420 Å². The van der Waals surface area contributed by atoms with Crippen molar-refractivity contribution in [2.75, 3.05) is 19.8 Å². The number of phenolic OH excluding ortho intramolecular Hbond substituents is 1. The Morgan fingerprint density at radius 1 is 0.507 bits per heavy atom. The van der Waals surface area contributed by atoms with Gasteiger partial charge in [-0.15, -0.1) is 0 Å². The summed E-state index contributed by atoms with van der Waals surface area (Å²) in [5, 5.41) is 12.8. The van der Waals surface area contributed by atoms with Crippen LogP contribution in [-0.4, -0.2) is 48.8 Å². The van der Waals surface area contributed by atoms with Gasteiger partial charge in [0.05, 0.1) is 41.9 Å². The smallest absolute Gasteiger partial charge is 0.343 e. The van der Waals surface area contributed by atoms with Gasteiger partial charge in [-0.05, 0) is 148 Å². The number of esters is 4. The first-order valence-electron chi connectivity index (χ1n) is 23.6. The maximum absolute atomic E-state index is 14.0. The lowest BCUT2D eigenvalue weighted by atomic mass is 9.84. The lowest BCUT2D eigenvalue weighted by Gasteiger charge is -2.40. The second-order valence-electron chi connectivity index (χ2n) is 17.6. The molecule has 0 radical (unpaired) electrons. The maximum Gasteiger partial charge on any atom is 0.343 e. The van der Waals surface area contributed by atoms with Crippen molar-refractivity contribution >= 4 is 51.5 Å². The molecule has 0 aliphatic carbocycles. The Kier molecular flexibility index (Phi) is 13.6. The summed E-state index contributed by atoms with van der Waals surface area (Å²) in [6.07, 6.45) is 3.96. The molecule has 9 aromatic carbocycles. The number of phenols is 1. The standard InChI is InChI=1S/C62H46O11/c1-2-62(37-68-38-62)39-69-49-28-11-40(12-29-49)13-36-56(64)70-50-30-20-46(21-31-50)60(66)72-54-34-24-43-7-3-5-9-52(43)57(54)58-53-10-6-4-8-44(53)25-35-55(58)73-61(67)47-22-32-51(33-23-47)71-59(65)45-16-14-41(15-17-45)42-18-26-48(63)27-19-42/h3-36,63H,2,37-39H2,1H3/b36-13+. The van der Waals surface area contributed by atoms with Crippen LogP contribution >= 0.6 is 0 Å². The molecule has 0 bridgehead atoms. The van der Waals surface area contributed by atoms with E-state index in [9.17, 15) is 24.3 Å². The summed E-state index contributed by atoms with van der Waals surface area (Å²) in [4.78, 5) is 53.8. The van der Waals surface area contributed by atoms with Crippen LogP contribution in [0.15, 0.2) is 200 Å². The van der Waals surface area contributed by atoms with Gasteiger partial charge < -0.3 is 33.5 Å². The molecule has 1 aliphatic heterocycles. The van der Waals surface area contributed by atoms with Gasteiger partial charge in [-0.25, -0.2) is 19.2 Å². The van der Waals surface area contributed by atoms with E-state index in [0.717, 1.165) is 50.4 Å². The number of hydrogen-bond acceptors (Lipinski definition) is 11. The average molecular weight is 967 g/mol. The van der Waals surface area contributed by atoms with Gasteiger partial charge in [-0.3, -0.25) is 0 Å². The monoisotopic (exact) mass is 966 g/mol. The summed E-state index contributed by atoms with van der Waals surface area (Å²) in [5.41, 5.74) is 4.40. The third kappa shape index (κ3) is 10.7. The highest BCUT2D eigenvalue weighted by atomic mass is 16.6. The molecule has 0 amide bonds. The van der Waals surface area contributed by atoms with Crippen LogP contribution in [0.25, 0.3) is 49.9 Å². The number of carbonyl (C=O) groups is 4. The number of rotatable bonds is 15. The first-order valence-corrected chi connectivity index (χ1v) is 23.6. The van der Waals surface area contributed by atoms with E-state index < -0.39 is 23.9 Å². The second kappa shape index (κ2) is 21.0. The lowest BCUT2D eigenvalue weighted by Crippen LogP contribution is -2.46. The maximum atomic E-state index is 14.0. The molecule has 10 rings (SSSR count). The first-order chi connectivity index (χ1) is 35.6. The summed E-state index contributed by atoms with van der Waals surface area (Å²) >= 11 is 0. The van der Waals surface area contributed by atoms with E-state index in [1.54, 1.807) is 66.7 Å². The van der Waals surface area contributed by atoms with Crippen molar-refractivity contribution in [3.63, 3.8) is 0 Å². The van der Waals surface area contributed by atoms with Crippen molar-refractivity contribution in [2.24, 2.45) is 5.41 Å². The molecule has 0 unspecified atom stereocenters. The molecular weight excluding hydrogens is 921 g/mol. The number of benzene rings is 9. The topological polar surface area (TPSA) is 144 Å². The molecule has 1 N–H and O–H groups in total. The Morgan fingerprint density at radius 2 is 0.959 bits per heavy atom. The van der Waals surface area contributed by atoms with E-state index in [4.69, 9.17) is 28.4 Å². The highest BCUT2D eigenvalue weighted by Crippen LogP contribution is 2.46. The molecule has 1 aliphatic rings. The minimum atomic E-state index is -0.672. The molecule has 1 saturated heterocycles. The normalized spacial score (nSPS) is 12.7. The fourth-order valence-corrected chi connectivity index (χ4v) is 8.45.